The van der Waals surface area contributed by atoms with Gasteiger partial charge in [-0.25, -0.2) is 9.97 Å². The van der Waals surface area contributed by atoms with Gasteiger partial charge < -0.3 is 15.1 Å². The number of likely N-dealkylation sites (N-methyl/N-ethyl adjacent to an activating group) is 1. The van der Waals surface area contributed by atoms with Gasteiger partial charge in [0.2, 0.25) is 5.95 Å². The van der Waals surface area contributed by atoms with Gasteiger partial charge >= 0.3 is 0 Å². The zero-order valence-corrected chi connectivity index (χ0v) is 13.0. The molecule has 2 rings (SSSR count). The number of anilines is 1. The van der Waals surface area contributed by atoms with Gasteiger partial charge in [0.15, 0.2) is 0 Å². The van der Waals surface area contributed by atoms with Crippen LogP contribution in [-0.2, 0) is 0 Å². The van der Waals surface area contributed by atoms with Gasteiger partial charge in [-0.2, -0.15) is 0 Å². The fourth-order valence-electron chi connectivity index (χ4n) is 2.35. The minimum absolute atomic E-state index is 0.448. The molecule has 2 heterocycles. The molecule has 0 atom stereocenters. The summed E-state index contributed by atoms with van der Waals surface area (Å²) in [7, 11) is 2.19. The van der Waals surface area contributed by atoms with E-state index in [0.717, 1.165) is 31.2 Å². The van der Waals surface area contributed by atoms with Gasteiger partial charge in [-0.3, -0.25) is 0 Å². The van der Waals surface area contributed by atoms with Crippen LogP contribution in [0.1, 0.15) is 31.9 Å². The molecule has 1 fully saturated rings. The highest BCUT2D eigenvalue weighted by Crippen LogP contribution is 2.11. The predicted molar refractivity (Wildman–Crippen MR) is 83.2 cm³/mol. The molecule has 1 N–H and O–H groups in total. The second-order valence-electron chi connectivity index (χ2n) is 5.89. The van der Waals surface area contributed by atoms with Gasteiger partial charge in [0.05, 0.1) is 0 Å². The van der Waals surface area contributed by atoms with E-state index in [9.17, 15) is 0 Å². The fraction of sp³-hybridized carbons (Fsp3) is 0.733. The molecule has 20 heavy (non-hydrogen) atoms. The van der Waals surface area contributed by atoms with E-state index >= 15 is 0 Å². The maximum absolute atomic E-state index is 4.52. The van der Waals surface area contributed by atoms with Crippen LogP contribution < -0.4 is 5.32 Å². The Morgan fingerprint density at radius 2 is 2.00 bits per heavy atom. The van der Waals surface area contributed by atoms with Gasteiger partial charge in [-0.1, -0.05) is 13.8 Å². The van der Waals surface area contributed by atoms with Gasteiger partial charge in [-0.05, 0) is 32.0 Å². The number of hydrogen-bond donors (Lipinski definition) is 1. The third kappa shape index (κ3) is 4.72. The Morgan fingerprint density at radius 3 is 2.70 bits per heavy atom. The normalized spacial score (nSPS) is 17.6. The van der Waals surface area contributed by atoms with Crippen LogP contribution in [-0.4, -0.2) is 66.1 Å². The van der Waals surface area contributed by atoms with Crippen molar-refractivity contribution in [3.63, 3.8) is 0 Å². The van der Waals surface area contributed by atoms with Crippen LogP contribution in [0.25, 0.3) is 0 Å². The number of piperazine rings is 1. The number of nitrogens with zero attached hydrogens (tertiary/aromatic N) is 4. The average Bonchev–Trinajstić information content (AvgIpc) is 2.46. The molecule has 0 bridgehead atoms. The lowest BCUT2D eigenvalue weighted by Crippen LogP contribution is -2.44. The van der Waals surface area contributed by atoms with Crippen molar-refractivity contribution in [1.29, 1.82) is 0 Å². The Bertz CT molecular complexity index is 399. The van der Waals surface area contributed by atoms with Crippen LogP contribution in [0, 0.1) is 0 Å². The smallest absolute Gasteiger partial charge is 0.222 e. The maximum Gasteiger partial charge on any atom is 0.222 e. The minimum Gasteiger partial charge on any atom is -0.354 e. The second-order valence-corrected chi connectivity index (χ2v) is 5.89. The van der Waals surface area contributed by atoms with E-state index in [2.05, 4.69) is 46.0 Å². The molecule has 1 aromatic rings. The summed E-state index contributed by atoms with van der Waals surface area (Å²) < 4.78 is 0. The van der Waals surface area contributed by atoms with Crippen molar-refractivity contribution in [1.82, 2.24) is 19.8 Å². The molecule has 1 aliphatic heterocycles. The van der Waals surface area contributed by atoms with E-state index in [1.165, 1.54) is 26.2 Å². The van der Waals surface area contributed by atoms with E-state index in [1.807, 2.05) is 12.3 Å². The molecule has 0 unspecified atom stereocenters. The molecular weight excluding hydrogens is 250 g/mol. The highest BCUT2D eigenvalue weighted by Gasteiger charge is 2.12. The molecule has 5 heteroatoms. The fourth-order valence-corrected chi connectivity index (χ4v) is 2.35. The zero-order valence-electron chi connectivity index (χ0n) is 13.0. The first-order valence-electron chi connectivity index (χ1n) is 7.63. The van der Waals surface area contributed by atoms with Gasteiger partial charge in [0.25, 0.3) is 0 Å². The number of aromatic nitrogens is 2. The van der Waals surface area contributed by atoms with Gasteiger partial charge in [-0.15, -0.1) is 0 Å². The lowest BCUT2D eigenvalue weighted by atomic mass is 10.1. The van der Waals surface area contributed by atoms with Crippen LogP contribution in [0.4, 0.5) is 5.95 Å². The van der Waals surface area contributed by atoms with Crippen LogP contribution in [0.3, 0.4) is 0 Å². The summed E-state index contributed by atoms with van der Waals surface area (Å²) in [6, 6.07) is 1.99. The molecule has 1 aromatic heterocycles. The maximum atomic E-state index is 4.52. The molecule has 112 valence electrons. The van der Waals surface area contributed by atoms with Gasteiger partial charge in [0, 0.05) is 44.6 Å². The molecule has 0 saturated carbocycles. The first kappa shape index (κ1) is 15.2. The number of hydrogen-bond acceptors (Lipinski definition) is 5. The summed E-state index contributed by atoms with van der Waals surface area (Å²) >= 11 is 0. The summed E-state index contributed by atoms with van der Waals surface area (Å²) in [6.07, 6.45) is 2.98. The Balaban J connectivity index is 1.67. The van der Waals surface area contributed by atoms with E-state index in [0.29, 0.717) is 5.92 Å². The number of nitrogens with one attached hydrogen (secondary N) is 1. The Hall–Kier alpha value is -1.20. The van der Waals surface area contributed by atoms with E-state index in [1.54, 1.807) is 0 Å². The van der Waals surface area contributed by atoms with Crippen molar-refractivity contribution in [3.8, 4) is 0 Å². The largest absolute Gasteiger partial charge is 0.354 e. The first-order chi connectivity index (χ1) is 9.65. The topological polar surface area (TPSA) is 44.3 Å². The molecule has 0 amide bonds. The molecule has 0 aliphatic carbocycles. The van der Waals surface area contributed by atoms with Crippen molar-refractivity contribution in [2.45, 2.75) is 26.2 Å². The predicted octanol–water partition coefficient (Wildman–Crippen LogP) is 1.65. The van der Waals surface area contributed by atoms with Crippen molar-refractivity contribution < 1.29 is 0 Å². The molecule has 0 aromatic carbocycles. The average molecular weight is 277 g/mol. The highest BCUT2D eigenvalue weighted by atomic mass is 15.2. The van der Waals surface area contributed by atoms with E-state index in [4.69, 9.17) is 0 Å². The summed E-state index contributed by atoms with van der Waals surface area (Å²) in [6.45, 7) is 11.2. The lowest BCUT2D eigenvalue weighted by Gasteiger charge is -2.32. The van der Waals surface area contributed by atoms with Gasteiger partial charge in [0.1, 0.15) is 0 Å². The monoisotopic (exact) mass is 277 g/mol. The Labute approximate surface area is 122 Å². The van der Waals surface area contributed by atoms with Crippen LogP contribution in [0.2, 0.25) is 0 Å². The molecule has 1 saturated heterocycles. The third-order valence-electron chi connectivity index (χ3n) is 3.80. The van der Waals surface area contributed by atoms with E-state index in [-0.39, 0.29) is 0 Å². The Morgan fingerprint density at radius 1 is 1.25 bits per heavy atom. The van der Waals surface area contributed by atoms with E-state index < -0.39 is 0 Å². The van der Waals surface area contributed by atoms with Crippen LogP contribution >= 0.6 is 0 Å². The second kappa shape index (κ2) is 7.55. The SMILES string of the molecule is CC(C)c1ccnc(NCCCN2CCN(C)CC2)n1. The van der Waals surface area contributed by atoms with Crippen molar-refractivity contribution in [2.24, 2.45) is 0 Å². The van der Waals surface area contributed by atoms with Crippen molar-refractivity contribution >= 4 is 5.95 Å². The quantitative estimate of drug-likeness (QED) is 0.801. The summed E-state index contributed by atoms with van der Waals surface area (Å²) in [5, 5.41) is 3.33. The highest BCUT2D eigenvalue weighted by molar-refractivity contribution is 5.25. The first-order valence-corrected chi connectivity index (χ1v) is 7.63. The number of rotatable bonds is 6. The summed E-state index contributed by atoms with van der Waals surface area (Å²) in [5.41, 5.74) is 1.10. The standard InChI is InChI=1S/C15H27N5/c1-13(2)14-5-7-17-15(18-14)16-6-4-8-20-11-9-19(3)10-12-20/h5,7,13H,4,6,8-12H2,1-3H3,(H,16,17,18). The Kier molecular flexibility index (Phi) is 5.73. The third-order valence-corrected chi connectivity index (χ3v) is 3.80. The van der Waals surface area contributed by atoms with Crippen LogP contribution in [0.15, 0.2) is 12.3 Å². The minimum atomic E-state index is 0.448. The molecule has 5 nitrogen and oxygen atoms in total. The van der Waals surface area contributed by atoms with Crippen LogP contribution in [0.5, 0.6) is 0 Å². The summed E-state index contributed by atoms with van der Waals surface area (Å²) in [5.74, 6) is 1.21. The zero-order chi connectivity index (χ0) is 14.4. The molecule has 0 spiro atoms. The van der Waals surface area contributed by atoms with Crippen molar-refractivity contribution in [3.05, 3.63) is 18.0 Å². The lowest BCUT2D eigenvalue weighted by molar-refractivity contribution is 0.154. The molecular formula is C15H27N5. The summed E-state index contributed by atoms with van der Waals surface area (Å²) in [4.78, 5) is 13.7. The van der Waals surface area contributed by atoms with Crippen molar-refractivity contribution in [2.75, 3.05) is 51.6 Å². The molecule has 1 aliphatic rings. The molecule has 0 radical (unpaired) electrons.